The highest BCUT2D eigenvalue weighted by Crippen LogP contribution is 2.20. The van der Waals surface area contributed by atoms with Gasteiger partial charge in [0, 0.05) is 11.3 Å². The highest BCUT2D eigenvalue weighted by atomic mass is 32.2. The first-order chi connectivity index (χ1) is 12.8. The molecule has 0 radical (unpaired) electrons. The van der Waals surface area contributed by atoms with Crippen LogP contribution in [0.15, 0.2) is 53.4 Å². The maximum absolute atomic E-state index is 12.5. The fraction of sp³-hybridized carbons (Fsp3) is 0.158. The smallest absolute Gasteiger partial charge is 0.261 e. The average Bonchev–Trinajstić information content (AvgIpc) is 2.94. The van der Waals surface area contributed by atoms with Gasteiger partial charge in [-0.3, -0.25) is 14.6 Å². The first-order valence-electron chi connectivity index (χ1n) is 8.29. The third-order valence-electron chi connectivity index (χ3n) is 4.07. The van der Waals surface area contributed by atoms with Crippen LogP contribution < -0.4 is 10.0 Å². The van der Waals surface area contributed by atoms with Crippen molar-refractivity contribution in [3.05, 3.63) is 71.0 Å². The van der Waals surface area contributed by atoms with Gasteiger partial charge in [-0.15, -0.1) is 0 Å². The van der Waals surface area contributed by atoms with E-state index < -0.39 is 10.0 Å². The van der Waals surface area contributed by atoms with E-state index >= 15 is 0 Å². The zero-order valence-corrected chi connectivity index (χ0v) is 16.0. The number of anilines is 2. The van der Waals surface area contributed by atoms with Gasteiger partial charge in [0.1, 0.15) is 0 Å². The van der Waals surface area contributed by atoms with Crippen LogP contribution in [-0.2, 0) is 10.0 Å². The van der Waals surface area contributed by atoms with Gasteiger partial charge in [0.15, 0.2) is 0 Å². The molecule has 0 unspecified atom stereocenters. The highest BCUT2D eigenvalue weighted by molar-refractivity contribution is 7.92. The second-order valence-electron chi connectivity index (χ2n) is 6.26. The van der Waals surface area contributed by atoms with Crippen molar-refractivity contribution in [2.24, 2.45) is 0 Å². The van der Waals surface area contributed by atoms with Crippen LogP contribution in [-0.4, -0.2) is 24.5 Å². The third kappa shape index (κ3) is 4.17. The molecule has 1 aromatic heterocycles. The Bertz CT molecular complexity index is 1070. The SMILES string of the molecule is Cc1ccc(S(=O)(=O)Nc2cccc(C(=O)Nc3c(C)n[nH]c3C)c2)cc1. The molecule has 8 heteroatoms. The number of hydrogen-bond donors (Lipinski definition) is 3. The lowest BCUT2D eigenvalue weighted by atomic mass is 10.2. The Morgan fingerprint density at radius 1 is 1.04 bits per heavy atom. The summed E-state index contributed by atoms with van der Waals surface area (Å²) in [6.07, 6.45) is 0. The number of amides is 1. The number of hydrogen-bond acceptors (Lipinski definition) is 4. The van der Waals surface area contributed by atoms with Gasteiger partial charge in [-0.1, -0.05) is 23.8 Å². The first kappa shape index (κ1) is 18.7. The molecule has 1 amide bonds. The molecule has 0 saturated carbocycles. The molecule has 27 heavy (non-hydrogen) atoms. The quantitative estimate of drug-likeness (QED) is 0.627. The molecule has 1 heterocycles. The predicted molar refractivity (Wildman–Crippen MR) is 104 cm³/mol. The molecule has 140 valence electrons. The molecule has 0 aliphatic carbocycles. The van der Waals surface area contributed by atoms with Crippen molar-refractivity contribution >= 4 is 27.3 Å². The van der Waals surface area contributed by atoms with Crippen molar-refractivity contribution in [1.29, 1.82) is 0 Å². The number of nitrogens with zero attached hydrogens (tertiary/aromatic N) is 1. The molecule has 0 bridgehead atoms. The molecule has 0 saturated heterocycles. The number of carbonyl (C=O) groups excluding carboxylic acids is 1. The van der Waals surface area contributed by atoms with Gasteiger partial charge in [0.05, 0.1) is 22.0 Å². The summed E-state index contributed by atoms with van der Waals surface area (Å²) in [6.45, 7) is 5.47. The van der Waals surface area contributed by atoms with E-state index in [1.165, 1.54) is 6.07 Å². The molecule has 2 aromatic carbocycles. The van der Waals surface area contributed by atoms with E-state index in [4.69, 9.17) is 0 Å². The monoisotopic (exact) mass is 384 g/mol. The van der Waals surface area contributed by atoms with Crippen LogP contribution in [0, 0.1) is 20.8 Å². The molecule has 0 atom stereocenters. The molecule has 0 spiro atoms. The number of aromatic nitrogens is 2. The fourth-order valence-corrected chi connectivity index (χ4v) is 3.63. The lowest BCUT2D eigenvalue weighted by Crippen LogP contribution is -2.15. The summed E-state index contributed by atoms with van der Waals surface area (Å²) < 4.78 is 27.5. The molecule has 3 aromatic rings. The van der Waals surface area contributed by atoms with Crippen LogP contribution >= 0.6 is 0 Å². The normalized spacial score (nSPS) is 11.2. The molecule has 3 rings (SSSR count). The van der Waals surface area contributed by atoms with E-state index in [1.807, 2.05) is 13.8 Å². The van der Waals surface area contributed by atoms with E-state index in [0.29, 0.717) is 22.6 Å². The predicted octanol–water partition coefficient (Wildman–Crippen LogP) is 3.39. The van der Waals surface area contributed by atoms with E-state index in [9.17, 15) is 13.2 Å². The molecule has 7 nitrogen and oxygen atoms in total. The van der Waals surface area contributed by atoms with E-state index in [1.54, 1.807) is 49.4 Å². The molecule has 0 aliphatic heterocycles. The summed E-state index contributed by atoms with van der Waals surface area (Å²) in [6, 6.07) is 12.9. The van der Waals surface area contributed by atoms with Crippen LogP contribution in [0.4, 0.5) is 11.4 Å². The standard InChI is InChI=1S/C19H20N4O3S/c1-12-7-9-17(10-8-12)27(25,26)23-16-6-4-5-15(11-16)19(24)20-18-13(2)21-22-14(18)3/h4-11,23H,1-3H3,(H,20,24)(H,21,22). The summed E-state index contributed by atoms with van der Waals surface area (Å²) in [5.41, 5.74) is 3.65. The minimum Gasteiger partial charge on any atom is -0.319 e. The Morgan fingerprint density at radius 2 is 1.74 bits per heavy atom. The third-order valence-corrected chi connectivity index (χ3v) is 5.47. The van der Waals surface area contributed by atoms with Crippen LogP contribution in [0.1, 0.15) is 27.3 Å². The van der Waals surface area contributed by atoms with Crippen molar-refractivity contribution in [1.82, 2.24) is 10.2 Å². The Labute approximate surface area is 157 Å². The first-order valence-corrected chi connectivity index (χ1v) is 9.77. The average molecular weight is 384 g/mol. The Kier molecular flexibility index (Phi) is 5.00. The van der Waals surface area contributed by atoms with E-state index in [2.05, 4.69) is 20.2 Å². The molecular formula is C19H20N4O3S. The Hall–Kier alpha value is -3.13. The van der Waals surface area contributed by atoms with Crippen molar-refractivity contribution in [3.63, 3.8) is 0 Å². The van der Waals surface area contributed by atoms with Gasteiger partial charge in [-0.25, -0.2) is 8.42 Å². The zero-order chi connectivity index (χ0) is 19.6. The lowest BCUT2D eigenvalue weighted by molar-refractivity contribution is 0.102. The molecule has 3 N–H and O–H groups in total. The summed E-state index contributed by atoms with van der Waals surface area (Å²) in [4.78, 5) is 12.7. The van der Waals surface area contributed by atoms with Crippen molar-refractivity contribution in [2.45, 2.75) is 25.7 Å². The van der Waals surface area contributed by atoms with Crippen LogP contribution in [0.3, 0.4) is 0 Å². The molecule has 0 fully saturated rings. The maximum Gasteiger partial charge on any atom is 0.261 e. The summed E-state index contributed by atoms with van der Waals surface area (Å²) in [5, 5.41) is 9.63. The largest absolute Gasteiger partial charge is 0.319 e. The number of rotatable bonds is 5. The zero-order valence-electron chi connectivity index (χ0n) is 15.2. The summed E-state index contributed by atoms with van der Waals surface area (Å²) in [5.74, 6) is -0.348. The second kappa shape index (κ2) is 7.24. The van der Waals surface area contributed by atoms with Crippen molar-refractivity contribution in [3.8, 4) is 0 Å². The van der Waals surface area contributed by atoms with Crippen molar-refractivity contribution < 1.29 is 13.2 Å². The van der Waals surface area contributed by atoms with E-state index in [-0.39, 0.29) is 10.8 Å². The molecular weight excluding hydrogens is 364 g/mol. The molecule has 0 aliphatic rings. The highest BCUT2D eigenvalue weighted by Gasteiger charge is 2.16. The number of sulfonamides is 1. The van der Waals surface area contributed by atoms with E-state index in [0.717, 1.165) is 11.3 Å². The number of carbonyl (C=O) groups is 1. The topological polar surface area (TPSA) is 104 Å². The number of aromatic amines is 1. The van der Waals surface area contributed by atoms with Gasteiger partial charge < -0.3 is 5.32 Å². The second-order valence-corrected chi connectivity index (χ2v) is 7.94. The summed E-state index contributed by atoms with van der Waals surface area (Å²) in [7, 11) is -3.73. The number of nitrogens with one attached hydrogen (secondary N) is 3. The number of aryl methyl sites for hydroxylation is 3. The van der Waals surface area contributed by atoms with Gasteiger partial charge in [-0.05, 0) is 51.1 Å². The van der Waals surface area contributed by atoms with Gasteiger partial charge in [0.25, 0.3) is 15.9 Å². The Morgan fingerprint density at radius 3 is 2.37 bits per heavy atom. The Balaban J connectivity index is 1.81. The lowest BCUT2D eigenvalue weighted by Gasteiger charge is -2.10. The minimum absolute atomic E-state index is 0.160. The van der Waals surface area contributed by atoms with Crippen molar-refractivity contribution in [2.75, 3.05) is 10.0 Å². The summed E-state index contributed by atoms with van der Waals surface area (Å²) >= 11 is 0. The number of H-pyrrole nitrogens is 1. The van der Waals surface area contributed by atoms with Gasteiger partial charge >= 0.3 is 0 Å². The van der Waals surface area contributed by atoms with Gasteiger partial charge in [0.2, 0.25) is 0 Å². The maximum atomic E-state index is 12.5. The van der Waals surface area contributed by atoms with Crippen LogP contribution in [0.5, 0.6) is 0 Å². The number of benzene rings is 2. The van der Waals surface area contributed by atoms with Crippen LogP contribution in [0.25, 0.3) is 0 Å². The fourth-order valence-electron chi connectivity index (χ4n) is 2.58. The van der Waals surface area contributed by atoms with Crippen LogP contribution in [0.2, 0.25) is 0 Å². The van der Waals surface area contributed by atoms with Gasteiger partial charge in [-0.2, -0.15) is 5.10 Å². The minimum atomic E-state index is -3.73.